The molecule has 0 atom stereocenters. The van der Waals surface area contributed by atoms with Crippen molar-refractivity contribution in [2.45, 2.75) is 29.4 Å². The Morgan fingerprint density at radius 1 is 1.03 bits per heavy atom. The summed E-state index contributed by atoms with van der Waals surface area (Å²) in [6.07, 6.45) is 0.294. The first-order valence-corrected chi connectivity index (χ1v) is 11.5. The van der Waals surface area contributed by atoms with Crippen molar-refractivity contribution in [2.75, 3.05) is 16.8 Å². The molecule has 3 rings (SSSR count). The Morgan fingerprint density at radius 3 is 2.45 bits per heavy atom. The van der Waals surface area contributed by atoms with E-state index in [1.54, 1.807) is 16.7 Å². The maximum atomic E-state index is 12.6. The molecule has 2 amide bonds. The normalized spacial score (nSPS) is 10.3. The molecule has 2 aromatic carbocycles. The van der Waals surface area contributed by atoms with Gasteiger partial charge in [0, 0.05) is 30.8 Å². The van der Waals surface area contributed by atoms with E-state index in [-0.39, 0.29) is 31.1 Å². The highest BCUT2D eigenvalue weighted by molar-refractivity contribution is 8.00. The van der Waals surface area contributed by atoms with Gasteiger partial charge >= 0.3 is 0 Å². The number of nitrogens with one attached hydrogen (secondary N) is 1. The number of nitriles is 1. The molecule has 0 aliphatic carbocycles. The zero-order chi connectivity index (χ0) is 21.9. The van der Waals surface area contributed by atoms with Crippen molar-refractivity contribution >= 4 is 45.7 Å². The highest BCUT2D eigenvalue weighted by Gasteiger charge is 2.17. The molecule has 3 aromatic rings. The van der Waals surface area contributed by atoms with Crippen LogP contribution < -0.4 is 10.2 Å². The van der Waals surface area contributed by atoms with E-state index < -0.39 is 0 Å². The molecule has 7 nitrogen and oxygen atoms in total. The fourth-order valence-electron chi connectivity index (χ4n) is 2.74. The van der Waals surface area contributed by atoms with Gasteiger partial charge in [0.25, 0.3) is 0 Å². The average Bonchev–Trinajstić information content (AvgIpc) is 3.25. The zero-order valence-electron chi connectivity index (χ0n) is 16.7. The van der Waals surface area contributed by atoms with Crippen molar-refractivity contribution in [3.8, 4) is 6.07 Å². The van der Waals surface area contributed by atoms with Crippen molar-refractivity contribution in [2.24, 2.45) is 0 Å². The molecule has 0 aliphatic rings. The summed E-state index contributed by atoms with van der Waals surface area (Å²) < 4.78 is 0.766. The van der Waals surface area contributed by atoms with Crippen LogP contribution in [0.2, 0.25) is 0 Å². The molecule has 1 N–H and O–H groups in total. The highest BCUT2D eigenvalue weighted by atomic mass is 32.2. The SMILES string of the molecule is N#CCCN(C(=O)CCC(=O)Nc1nnc(SCc2ccccc2)s1)c1ccccc1. The third-order valence-corrected chi connectivity index (χ3v) is 6.28. The molecule has 1 heterocycles. The standard InChI is InChI=1S/C22H21N5O2S2/c23-14-7-15-27(18-10-5-2-6-11-18)20(29)13-12-19(28)24-21-25-26-22(31-21)30-16-17-8-3-1-4-9-17/h1-6,8-11H,7,12-13,15-16H2,(H,24,25,28). The van der Waals surface area contributed by atoms with E-state index in [0.717, 1.165) is 10.1 Å². The average molecular weight is 452 g/mol. The van der Waals surface area contributed by atoms with Crippen molar-refractivity contribution in [3.05, 3.63) is 66.2 Å². The fourth-order valence-corrected chi connectivity index (χ4v) is 4.47. The predicted molar refractivity (Wildman–Crippen MR) is 123 cm³/mol. The zero-order valence-corrected chi connectivity index (χ0v) is 18.4. The Hall–Kier alpha value is -3.22. The summed E-state index contributed by atoms with van der Waals surface area (Å²) >= 11 is 2.86. The minimum Gasteiger partial charge on any atom is -0.311 e. The van der Waals surface area contributed by atoms with Gasteiger partial charge in [0.05, 0.1) is 12.5 Å². The van der Waals surface area contributed by atoms with Gasteiger partial charge in [0.1, 0.15) is 0 Å². The molecule has 0 saturated heterocycles. The number of rotatable bonds is 10. The number of thioether (sulfide) groups is 1. The van der Waals surface area contributed by atoms with E-state index in [9.17, 15) is 9.59 Å². The van der Waals surface area contributed by atoms with Crippen LogP contribution in [0.15, 0.2) is 65.0 Å². The maximum Gasteiger partial charge on any atom is 0.227 e. The lowest BCUT2D eigenvalue weighted by atomic mass is 10.2. The molecule has 158 valence electrons. The third-order valence-electron chi connectivity index (χ3n) is 4.24. The molecule has 0 spiro atoms. The van der Waals surface area contributed by atoms with Crippen LogP contribution in [-0.4, -0.2) is 28.6 Å². The van der Waals surface area contributed by atoms with Gasteiger partial charge in [0.2, 0.25) is 16.9 Å². The predicted octanol–water partition coefficient (Wildman–Crippen LogP) is 4.50. The Kier molecular flexibility index (Phi) is 8.58. The lowest BCUT2D eigenvalue weighted by molar-refractivity contribution is -0.122. The van der Waals surface area contributed by atoms with Gasteiger partial charge in [-0.3, -0.25) is 9.59 Å². The third kappa shape index (κ3) is 7.20. The Balaban J connectivity index is 1.48. The van der Waals surface area contributed by atoms with Gasteiger partial charge in [0.15, 0.2) is 4.34 Å². The van der Waals surface area contributed by atoms with E-state index in [4.69, 9.17) is 5.26 Å². The number of benzene rings is 2. The number of amides is 2. The molecule has 0 unspecified atom stereocenters. The van der Waals surface area contributed by atoms with Crippen molar-refractivity contribution < 1.29 is 9.59 Å². The highest BCUT2D eigenvalue weighted by Crippen LogP contribution is 2.28. The number of carbonyl (C=O) groups excluding carboxylic acids is 2. The number of nitrogens with zero attached hydrogens (tertiary/aromatic N) is 4. The summed E-state index contributed by atoms with van der Waals surface area (Å²) in [5, 5.41) is 20.1. The van der Waals surface area contributed by atoms with Crippen LogP contribution in [-0.2, 0) is 15.3 Å². The van der Waals surface area contributed by atoms with Crippen molar-refractivity contribution in [3.63, 3.8) is 0 Å². The van der Waals surface area contributed by atoms with Crippen LogP contribution in [0, 0.1) is 11.3 Å². The monoisotopic (exact) mass is 451 g/mol. The molecule has 0 saturated carbocycles. The first-order chi connectivity index (χ1) is 15.2. The molecule has 1 aromatic heterocycles. The van der Waals surface area contributed by atoms with E-state index in [2.05, 4.69) is 21.6 Å². The Labute approximate surface area is 189 Å². The van der Waals surface area contributed by atoms with Crippen molar-refractivity contribution in [1.82, 2.24) is 10.2 Å². The summed E-state index contributed by atoms with van der Waals surface area (Å²) in [6.45, 7) is 0.291. The molecular formula is C22H21N5O2S2. The molecule has 9 heteroatoms. The fraction of sp³-hybridized carbons (Fsp3) is 0.227. The van der Waals surface area contributed by atoms with Crippen LogP contribution in [0.1, 0.15) is 24.8 Å². The van der Waals surface area contributed by atoms with Gasteiger partial charge in [-0.15, -0.1) is 10.2 Å². The van der Waals surface area contributed by atoms with Crippen LogP contribution in [0.25, 0.3) is 0 Å². The molecular weight excluding hydrogens is 430 g/mol. The second-order valence-corrected chi connectivity index (χ2v) is 8.68. The minimum atomic E-state index is -0.294. The second-order valence-electron chi connectivity index (χ2n) is 6.48. The van der Waals surface area contributed by atoms with Gasteiger partial charge in [-0.1, -0.05) is 71.6 Å². The van der Waals surface area contributed by atoms with E-state index in [1.165, 1.54) is 16.9 Å². The van der Waals surface area contributed by atoms with Gasteiger partial charge < -0.3 is 10.2 Å². The van der Waals surface area contributed by atoms with E-state index in [0.29, 0.717) is 17.4 Å². The number of para-hydroxylation sites is 1. The number of hydrogen-bond donors (Lipinski definition) is 1. The van der Waals surface area contributed by atoms with Gasteiger partial charge in [-0.2, -0.15) is 5.26 Å². The smallest absolute Gasteiger partial charge is 0.227 e. The van der Waals surface area contributed by atoms with Crippen LogP contribution >= 0.6 is 23.1 Å². The van der Waals surface area contributed by atoms with Gasteiger partial charge in [-0.25, -0.2) is 0 Å². The minimum absolute atomic E-state index is 0.0286. The van der Waals surface area contributed by atoms with Crippen LogP contribution in [0.3, 0.4) is 0 Å². The summed E-state index contributed by atoms with van der Waals surface area (Å²) in [6, 6.07) is 21.2. The number of anilines is 2. The van der Waals surface area contributed by atoms with Crippen LogP contribution in [0.4, 0.5) is 10.8 Å². The molecule has 0 radical (unpaired) electrons. The van der Waals surface area contributed by atoms with Gasteiger partial charge in [-0.05, 0) is 17.7 Å². The summed E-state index contributed by atoms with van der Waals surface area (Å²) in [5.74, 6) is 0.279. The Morgan fingerprint density at radius 2 is 1.74 bits per heavy atom. The van der Waals surface area contributed by atoms with Crippen molar-refractivity contribution in [1.29, 1.82) is 5.26 Å². The number of carbonyl (C=O) groups is 2. The molecule has 0 aliphatic heterocycles. The number of hydrogen-bond acceptors (Lipinski definition) is 7. The number of aromatic nitrogens is 2. The lowest BCUT2D eigenvalue weighted by Crippen LogP contribution is -2.32. The topological polar surface area (TPSA) is 99.0 Å². The molecule has 0 bridgehead atoms. The summed E-state index contributed by atoms with van der Waals surface area (Å²) in [4.78, 5) is 26.5. The first-order valence-electron chi connectivity index (χ1n) is 9.68. The van der Waals surface area contributed by atoms with Crippen LogP contribution in [0.5, 0.6) is 0 Å². The summed E-state index contributed by atoms with van der Waals surface area (Å²) in [5.41, 5.74) is 1.90. The largest absolute Gasteiger partial charge is 0.311 e. The summed E-state index contributed by atoms with van der Waals surface area (Å²) in [7, 11) is 0. The Bertz CT molecular complexity index is 1030. The van der Waals surface area contributed by atoms with E-state index >= 15 is 0 Å². The lowest BCUT2D eigenvalue weighted by Gasteiger charge is -2.21. The molecule has 0 fully saturated rings. The molecule has 31 heavy (non-hydrogen) atoms. The second kappa shape index (κ2) is 11.8. The quantitative estimate of drug-likeness (QED) is 0.360. The maximum absolute atomic E-state index is 12.6. The first kappa shape index (κ1) is 22.5. The van der Waals surface area contributed by atoms with E-state index in [1.807, 2.05) is 60.7 Å².